The Kier molecular flexibility index (Phi) is 7.46. The van der Waals surface area contributed by atoms with E-state index in [9.17, 15) is 9.59 Å². The molecule has 2 aromatic carbocycles. The van der Waals surface area contributed by atoms with Gasteiger partial charge in [-0.3, -0.25) is 9.59 Å². The molecule has 5 rings (SSSR count). The number of benzene rings is 2. The first-order valence-electron chi connectivity index (χ1n) is 12.9. The molecule has 2 fully saturated rings. The number of carbonyl (C=O) groups excluding carboxylic acids is 1. The highest BCUT2D eigenvalue weighted by molar-refractivity contribution is 7.14. The van der Waals surface area contributed by atoms with Gasteiger partial charge in [-0.05, 0) is 68.5 Å². The van der Waals surface area contributed by atoms with Crippen molar-refractivity contribution in [2.24, 2.45) is 5.92 Å². The van der Waals surface area contributed by atoms with Gasteiger partial charge in [0, 0.05) is 48.6 Å². The molecule has 0 radical (unpaired) electrons. The number of carboxylic acid groups (broad SMARTS) is 1. The lowest BCUT2D eigenvalue weighted by atomic mass is 9.97. The monoisotopic (exact) mass is 519 g/mol. The van der Waals surface area contributed by atoms with E-state index in [1.165, 1.54) is 6.42 Å². The fourth-order valence-corrected chi connectivity index (χ4v) is 5.88. The summed E-state index contributed by atoms with van der Waals surface area (Å²) < 4.78 is 6.29. The first-order valence-corrected chi connectivity index (χ1v) is 13.8. The van der Waals surface area contributed by atoms with Gasteiger partial charge in [0.05, 0.1) is 12.1 Å². The van der Waals surface area contributed by atoms with Crippen LogP contribution in [0.2, 0.25) is 0 Å². The molecule has 0 aliphatic carbocycles. The first-order chi connectivity index (χ1) is 17.9. The number of carboxylic acids is 1. The van der Waals surface area contributed by atoms with Crippen LogP contribution in [0.1, 0.15) is 52.7 Å². The van der Waals surface area contributed by atoms with E-state index in [2.05, 4.69) is 17.9 Å². The maximum atomic E-state index is 12.9. The smallest absolute Gasteiger partial charge is 0.303 e. The van der Waals surface area contributed by atoms with Crippen LogP contribution in [-0.2, 0) is 11.4 Å². The van der Waals surface area contributed by atoms with E-state index in [1.54, 1.807) is 11.3 Å². The number of thiazole rings is 1. The number of hydrogen-bond donors (Lipinski definition) is 1. The molecule has 0 bridgehead atoms. The van der Waals surface area contributed by atoms with Crippen molar-refractivity contribution < 1.29 is 19.4 Å². The molecule has 1 N–H and O–H groups in total. The number of piperidine rings is 1. The van der Waals surface area contributed by atoms with Crippen LogP contribution in [0.15, 0.2) is 41.8 Å². The quantitative estimate of drug-likeness (QED) is 0.421. The molecule has 2 saturated heterocycles. The fraction of sp³-hybridized carbons (Fsp3) is 0.414. The zero-order chi connectivity index (χ0) is 25.9. The number of rotatable bonds is 8. The van der Waals surface area contributed by atoms with Crippen molar-refractivity contribution in [3.8, 4) is 17.0 Å². The van der Waals surface area contributed by atoms with E-state index in [-0.39, 0.29) is 18.2 Å². The van der Waals surface area contributed by atoms with Crippen LogP contribution >= 0.6 is 11.3 Å². The molecular formula is C29H33N3O4S. The summed E-state index contributed by atoms with van der Waals surface area (Å²) in [7, 11) is 0. The van der Waals surface area contributed by atoms with Crippen molar-refractivity contribution in [2.75, 3.05) is 31.1 Å². The summed E-state index contributed by atoms with van der Waals surface area (Å²) in [6, 6.07) is 12.0. The molecule has 194 valence electrons. The maximum Gasteiger partial charge on any atom is 0.303 e. The summed E-state index contributed by atoms with van der Waals surface area (Å²) in [5, 5.41) is 11.9. The number of aryl methyl sites for hydroxylation is 2. The molecule has 8 heteroatoms. The molecule has 3 aromatic rings. The van der Waals surface area contributed by atoms with Crippen LogP contribution in [-0.4, -0.2) is 53.0 Å². The summed E-state index contributed by atoms with van der Waals surface area (Å²) in [4.78, 5) is 32.7. The third-order valence-corrected chi connectivity index (χ3v) is 8.11. The van der Waals surface area contributed by atoms with Crippen LogP contribution in [0.25, 0.3) is 11.3 Å². The number of nitrogens with zero attached hydrogens (tertiary/aromatic N) is 3. The Hall–Kier alpha value is -3.39. The van der Waals surface area contributed by atoms with Gasteiger partial charge >= 0.3 is 5.97 Å². The van der Waals surface area contributed by atoms with Gasteiger partial charge in [0.25, 0.3) is 5.91 Å². The molecular weight excluding hydrogens is 486 g/mol. The number of aromatic nitrogens is 1. The topological polar surface area (TPSA) is 83.0 Å². The number of anilines is 1. The van der Waals surface area contributed by atoms with Crippen molar-refractivity contribution in [1.82, 2.24) is 9.88 Å². The summed E-state index contributed by atoms with van der Waals surface area (Å²) in [6.45, 7) is 7.63. The number of carbonyl (C=O) groups is 2. The highest BCUT2D eigenvalue weighted by atomic mass is 32.1. The van der Waals surface area contributed by atoms with Gasteiger partial charge in [-0.1, -0.05) is 17.7 Å². The SMILES string of the molecule is Cc1ccc(OCc2ccc(C(=O)N3CCCCC3)cc2C)c(-c2csc(N3CC(CC(=O)O)C3)n2)c1. The summed E-state index contributed by atoms with van der Waals surface area (Å²) in [5.41, 5.74) is 5.76. The second-order valence-electron chi connectivity index (χ2n) is 10.2. The molecule has 2 aliphatic heterocycles. The molecule has 3 heterocycles. The van der Waals surface area contributed by atoms with E-state index in [0.29, 0.717) is 6.61 Å². The molecule has 7 nitrogen and oxygen atoms in total. The van der Waals surface area contributed by atoms with Crippen LogP contribution in [0, 0.1) is 19.8 Å². The normalized spacial score (nSPS) is 15.9. The van der Waals surface area contributed by atoms with Crippen LogP contribution in [0.4, 0.5) is 5.13 Å². The molecule has 37 heavy (non-hydrogen) atoms. The number of amides is 1. The van der Waals surface area contributed by atoms with Gasteiger partial charge in [0.1, 0.15) is 12.4 Å². The second-order valence-corrected chi connectivity index (χ2v) is 11.0. The Bertz CT molecular complexity index is 1290. The van der Waals surface area contributed by atoms with E-state index in [4.69, 9.17) is 14.8 Å². The molecule has 1 amide bonds. The third kappa shape index (κ3) is 5.80. The Balaban J connectivity index is 1.27. The Morgan fingerprint density at radius 3 is 2.59 bits per heavy atom. The lowest BCUT2D eigenvalue weighted by Gasteiger charge is -2.38. The van der Waals surface area contributed by atoms with Crippen molar-refractivity contribution in [2.45, 2.75) is 46.1 Å². The number of likely N-dealkylation sites (tertiary alicyclic amines) is 1. The zero-order valence-corrected chi connectivity index (χ0v) is 22.2. The highest BCUT2D eigenvalue weighted by Crippen LogP contribution is 2.37. The third-order valence-electron chi connectivity index (χ3n) is 7.21. The predicted molar refractivity (Wildman–Crippen MR) is 146 cm³/mol. The standard InChI is InChI=1S/C29H33N3O4S/c1-19-6-9-26(24(12-19)25-18-37-29(30-25)32-15-21(16-32)14-27(33)34)36-17-23-8-7-22(13-20(23)2)28(35)31-10-4-3-5-11-31/h6-9,12-13,18,21H,3-5,10-11,14-17H2,1-2H3,(H,33,34). The van der Waals surface area contributed by atoms with Crippen molar-refractivity contribution in [3.63, 3.8) is 0 Å². The Morgan fingerprint density at radius 1 is 1.08 bits per heavy atom. The highest BCUT2D eigenvalue weighted by Gasteiger charge is 2.30. The lowest BCUT2D eigenvalue weighted by molar-refractivity contribution is -0.138. The van der Waals surface area contributed by atoms with E-state index >= 15 is 0 Å². The molecule has 1 aromatic heterocycles. The summed E-state index contributed by atoms with van der Waals surface area (Å²) >= 11 is 1.57. The summed E-state index contributed by atoms with van der Waals surface area (Å²) in [5.74, 6) is 0.326. The average Bonchev–Trinajstić information content (AvgIpc) is 3.35. The summed E-state index contributed by atoms with van der Waals surface area (Å²) in [6.07, 6.45) is 3.57. The molecule has 0 saturated carbocycles. The van der Waals surface area contributed by atoms with Crippen LogP contribution in [0.5, 0.6) is 5.75 Å². The van der Waals surface area contributed by atoms with E-state index in [0.717, 1.165) is 83.4 Å². The van der Waals surface area contributed by atoms with E-state index in [1.807, 2.05) is 47.5 Å². The second kappa shape index (κ2) is 10.9. The fourth-order valence-electron chi connectivity index (χ4n) is 5.03. The predicted octanol–water partition coefficient (Wildman–Crippen LogP) is 5.54. The van der Waals surface area contributed by atoms with Gasteiger partial charge in [0.2, 0.25) is 0 Å². The van der Waals surface area contributed by atoms with Gasteiger partial charge in [0.15, 0.2) is 5.13 Å². The van der Waals surface area contributed by atoms with Crippen molar-refractivity contribution in [3.05, 3.63) is 64.0 Å². The Morgan fingerprint density at radius 2 is 1.86 bits per heavy atom. The van der Waals surface area contributed by atoms with Crippen LogP contribution < -0.4 is 9.64 Å². The number of ether oxygens (including phenoxy) is 1. The molecule has 0 atom stereocenters. The maximum absolute atomic E-state index is 12.9. The van der Waals surface area contributed by atoms with Crippen molar-refractivity contribution >= 4 is 28.3 Å². The minimum atomic E-state index is -0.746. The van der Waals surface area contributed by atoms with Crippen LogP contribution in [0.3, 0.4) is 0 Å². The zero-order valence-electron chi connectivity index (χ0n) is 21.4. The van der Waals surface area contributed by atoms with Gasteiger partial charge in [-0.2, -0.15) is 0 Å². The number of hydrogen-bond acceptors (Lipinski definition) is 6. The average molecular weight is 520 g/mol. The minimum absolute atomic E-state index is 0.118. The number of aliphatic carboxylic acids is 1. The molecule has 2 aliphatic rings. The van der Waals surface area contributed by atoms with Crippen molar-refractivity contribution in [1.29, 1.82) is 0 Å². The van der Waals surface area contributed by atoms with Gasteiger partial charge in [-0.25, -0.2) is 4.98 Å². The molecule has 0 spiro atoms. The lowest BCUT2D eigenvalue weighted by Crippen LogP contribution is -2.47. The van der Waals surface area contributed by atoms with Gasteiger partial charge in [-0.15, -0.1) is 11.3 Å². The minimum Gasteiger partial charge on any atom is -0.488 e. The van der Waals surface area contributed by atoms with Gasteiger partial charge < -0.3 is 19.6 Å². The molecule has 0 unspecified atom stereocenters. The Labute approximate surface area is 221 Å². The van der Waals surface area contributed by atoms with E-state index < -0.39 is 5.97 Å². The largest absolute Gasteiger partial charge is 0.488 e. The first kappa shape index (κ1) is 25.3.